The molecule has 0 amide bonds. The van der Waals surface area contributed by atoms with E-state index in [4.69, 9.17) is 9.72 Å². The number of thiazole rings is 1. The molecule has 1 fully saturated rings. The summed E-state index contributed by atoms with van der Waals surface area (Å²) in [6, 6.07) is 15.1. The number of fused-ring (bicyclic) bond motifs is 1. The van der Waals surface area contributed by atoms with Crippen LogP contribution < -0.4 is 4.74 Å². The van der Waals surface area contributed by atoms with Crippen LogP contribution in [0.1, 0.15) is 105 Å². The summed E-state index contributed by atoms with van der Waals surface area (Å²) >= 11 is 1.42. The van der Waals surface area contributed by atoms with Crippen LogP contribution in [0.25, 0.3) is 10.2 Å². The zero-order valence-corrected chi connectivity index (χ0v) is 23.3. The standard InChI is InChI=1S/C32H37N3O2S/c1-3-32(2)19-10-6-4-5-7-11-23(18-20-32)28-30(34-22-21-33-28)37-25-16-14-24(15-17-25)29(36)31-35-26-12-8-9-13-27(26)38-31/h8-9,12-17,21-23H,3-7,10-11,18-20H2,1-2H3. The molecule has 2 unspecified atom stereocenters. The number of aromatic nitrogens is 3. The summed E-state index contributed by atoms with van der Waals surface area (Å²) < 4.78 is 7.30. The van der Waals surface area contributed by atoms with Crippen LogP contribution in [0, 0.1) is 5.41 Å². The zero-order valence-electron chi connectivity index (χ0n) is 22.5. The number of para-hydroxylation sites is 1. The Labute approximate surface area is 229 Å². The highest BCUT2D eigenvalue weighted by molar-refractivity contribution is 7.20. The summed E-state index contributed by atoms with van der Waals surface area (Å²) in [5.74, 6) is 1.50. The second-order valence-electron chi connectivity index (χ2n) is 10.9. The fraction of sp³-hybridized carbons (Fsp3) is 0.438. The lowest BCUT2D eigenvalue weighted by atomic mass is 9.76. The van der Waals surface area contributed by atoms with Crippen molar-refractivity contribution in [3.05, 3.63) is 77.2 Å². The van der Waals surface area contributed by atoms with Gasteiger partial charge in [-0.3, -0.25) is 9.78 Å². The second-order valence-corrected chi connectivity index (χ2v) is 11.9. The van der Waals surface area contributed by atoms with Gasteiger partial charge in [-0.15, -0.1) is 11.3 Å². The molecule has 0 radical (unpaired) electrons. The monoisotopic (exact) mass is 527 g/mol. The van der Waals surface area contributed by atoms with E-state index in [0.29, 0.717) is 33.5 Å². The lowest BCUT2D eigenvalue weighted by Gasteiger charge is -2.30. The first-order chi connectivity index (χ1) is 18.5. The van der Waals surface area contributed by atoms with Crippen molar-refractivity contribution in [1.82, 2.24) is 15.0 Å². The van der Waals surface area contributed by atoms with Gasteiger partial charge in [-0.25, -0.2) is 9.97 Å². The third-order valence-electron chi connectivity index (χ3n) is 8.18. The van der Waals surface area contributed by atoms with Crippen molar-refractivity contribution < 1.29 is 9.53 Å². The fourth-order valence-electron chi connectivity index (χ4n) is 5.47. The minimum absolute atomic E-state index is 0.0747. The smallest absolute Gasteiger partial charge is 0.241 e. The van der Waals surface area contributed by atoms with Crippen molar-refractivity contribution in [2.45, 2.75) is 84.0 Å². The number of hydrogen-bond acceptors (Lipinski definition) is 6. The van der Waals surface area contributed by atoms with E-state index in [2.05, 4.69) is 23.8 Å². The number of hydrogen-bond donors (Lipinski definition) is 0. The average molecular weight is 528 g/mol. The minimum atomic E-state index is -0.0747. The van der Waals surface area contributed by atoms with Crippen LogP contribution in [0.2, 0.25) is 0 Å². The lowest BCUT2D eigenvalue weighted by Crippen LogP contribution is -2.17. The molecule has 6 heteroatoms. The van der Waals surface area contributed by atoms with E-state index >= 15 is 0 Å². The Kier molecular flexibility index (Phi) is 8.48. The summed E-state index contributed by atoms with van der Waals surface area (Å²) in [4.78, 5) is 26.9. The predicted molar refractivity (Wildman–Crippen MR) is 154 cm³/mol. The van der Waals surface area contributed by atoms with Crippen LogP contribution in [0.5, 0.6) is 11.6 Å². The first-order valence-corrected chi connectivity index (χ1v) is 14.9. The van der Waals surface area contributed by atoms with Crippen molar-refractivity contribution >= 4 is 27.3 Å². The molecule has 0 N–H and O–H groups in total. The molecule has 1 aliphatic carbocycles. The van der Waals surface area contributed by atoms with Gasteiger partial charge in [0.2, 0.25) is 11.7 Å². The number of carbonyl (C=O) groups is 1. The molecule has 0 aliphatic heterocycles. The third kappa shape index (κ3) is 6.29. The van der Waals surface area contributed by atoms with Crippen LogP contribution in [-0.2, 0) is 0 Å². The molecule has 4 aromatic rings. The first kappa shape index (κ1) is 26.5. The SMILES string of the molecule is CCC1(C)CCCCCCCC(c2nccnc2Oc2ccc(C(=O)c3nc4ccccc4s3)cc2)CC1. The third-order valence-corrected chi connectivity index (χ3v) is 9.22. The van der Waals surface area contributed by atoms with Gasteiger partial charge in [-0.05, 0) is 67.5 Å². The Hall–Kier alpha value is -3.12. The number of carbonyl (C=O) groups excluding carboxylic acids is 1. The van der Waals surface area contributed by atoms with Crippen LogP contribution in [-0.4, -0.2) is 20.7 Å². The van der Waals surface area contributed by atoms with Crippen molar-refractivity contribution in [3.63, 3.8) is 0 Å². The summed E-state index contributed by atoms with van der Waals surface area (Å²) in [6.45, 7) is 4.78. The van der Waals surface area contributed by atoms with Gasteiger partial charge in [0.15, 0.2) is 5.01 Å². The van der Waals surface area contributed by atoms with Gasteiger partial charge in [0, 0.05) is 23.9 Å². The summed E-state index contributed by atoms with van der Waals surface area (Å²) in [6.07, 6.45) is 15.9. The maximum Gasteiger partial charge on any atom is 0.241 e. The maximum atomic E-state index is 13.0. The largest absolute Gasteiger partial charge is 0.437 e. The molecule has 0 spiro atoms. The predicted octanol–water partition coefficient (Wildman–Crippen LogP) is 9.13. The summed E-state index contributed by atoms with van der Waals surface area (Å²) in [7, 11) is 0. The molecule has 2 atom stereocenters. The van der Waals surface area contributed by atoms with E-state index in [1.165, 1.54) is 62.7 Å². The van der Waals surface area contributed by atoms with Gasteiger partial charge in [0.05, 0.1) is 10.2 Å². The Bertz CT molecular complexity index is 1330. The second kappa shape index (κ2) is 12.2. The number of rotatable bonds is 6. The maximum absolute atomic E-state index is 13.0. The van der Waals surface area contributed by atoms with Crippen molar-refractivity contribution in [2.75, 3.05) is 0 Å². The molecule has 2 heterocycles. The Morgan fingerprint density at radius 3 is 2.53 bits per heavy atom. The van der Waals surface area contributed by atoms with E-state index in [0.717, 1.165) is 28.8 Å². The van der Waals surface area contributed by atoms with E-state index in [1.54, 1.807) is 24.5 Å². The van der Waals surface area contributed by atoms with Crippen LogP contribution in [0.3, 0.4) is 0 Å². The number of benzene rings is 2. The lowest BCUT2D eigenvalue weighted by molar-refractivity contribution is 0.103. The van der Waals surface area contributed by atoms with Crippen molar-refractivity contribution in [2.24, 2.45) is 5.41 Å². The van der Waals surface area contributed by atoms with Crippen LogP contribution in [0.15, 0.2) is 60.9 Å². The van der Waals surface area contributed by atoms with E-state index in [9.17, 15) is 4.79 Å². The fourth-order valence-corrected chi connectivity index (χ4v) is 6.39. The number of ether oxygens (including phenoxy) is 1. The Balaban J connectivity index is 1.32. The van der Waals surface area contributed by atoms with Gasteiger partial charge in [-0.1, -0.05) is 64.5 Å². The number of ketones is 1. The summed E-state index contributed by atoms with van der Waals surface area (Å²) in [5, 5.41) is 0.502. The molecule has 38 heavy (non-hydrogen) atoms. The zero-order chi connectivity index (χ0) is 26.4. The molecule has 1 aliphatic rings. The van der Waals surface area contributed by atoms with E-state index < -0.39 is 0 Å². The quantitative estimate of drug-likeness (QED) is 0.234. The van der Waals surface area contributed by atoms with Gasteiger partial charge in [0.25, 0.3) is 0 Å². The molecule has 2 aromatic heterocycles. The van der Waals surface area contributed by atoms with Gasteiger partial charge >= 0.3 is 0 Å². The molecular weight excluding hydrogens is 490 g/mol. The molecule has 198 valence electrons. The highest BCUT2D eigenvalue weighted by Crippen LogP contribution is 2.41. The molecule has 2 aromatic carbocycles. The Morgan fingerprint density at radius 1 is 0.947 bits per heavy atom. The highest BCUT2D eigenvalue weighted by Gasteiger charge is 2.27. The number of nitrogens with zero attached hydrogens (tertiary/aromatic N) is 3. The average Bonchev–Trinajstić information content (AvgIpc) is 3.37. The molecule has 5 nitrogen and oxygen atoms in total. The van der Waals surface area contributed by atoms with Crippen LogP contribution >= 0.6 is 11.3 Å². The molecule has 1 saturated carbocycles. The van der Waals surface area contributed by atoms with Crippen LogP contribution in [0.4, 0.5) is 0 Å². The summed E-state index contributed by atoms with van der Waals surface area (Å²) in [5.41, 5.74) is 2.79. The highest BCUT2D eigenvalue weighted by atomic mass is 32.1. The Morgan fingerprint density at radius 2 is 1.71 bits per heavy atom. The molecule has 5 rings (SSSR count). The molecule has 0 saturated heterocycles. The first-order valence-electron chi connectivity index (χ1n) is 14.0. The van der Waals surface area contributed by atoms with E-state index in [1.807, 2.05) is 36.4 Å². The topological polar surface area (TPSA) is 65.0 Å². The van der Waals surface area contributed by atoms with Crippen molar-refractivity contribution in [3.8, 4) is 11.6 Å². The van der Waals surface area contributed by atoms with Crippen molar-refractivity contribution in [1.29, 1.82) is 0 Å². The minimum Gasteiger partial charge on any atom is -0.437 e. The molecule has 0 bridgehead atoms. The molecular formula is C32H37N3O2S. The van der Waals surface area contributed by atoms with Gasteiger partial charge in [0.1, 0.15) is 11.4 Å². The van der Waals surface area contributed by atoms with Gasteiger partial charge < -0.3 is 4.74 Å². The van der Waals surface area contributed by atoms with Gasteiger partial charge in [-0.2, -0.15) is 0 Å². The normalized spacial score (nSPS) is 21.1. The van der Waals surface area contributed by atoms with E-state index in [-0.39, 0.29) is 5.78 Å².